The molecule has 0 spiro atoms. The lowest BCUT2D eigenvalue weighted by molar-refractivity contribution is 0.0704. The smallest absolute Gasteiger partial charge is 0.253 e. The number of hydrogen-bond acceptors (Lipinski definition) is 4. The van der Waals surface area contributed by atoms with E-state index in [1.54, 1.807) is 7.11 Å². The molecule has 0 bridgehead atoms. The Labute approximate surface area is 200 Å². The number of benzene rings is 3. The fourth-order valence-electron chi connectivity index (χ4n) is 4.00. The van der Waals surface area contributed by atoms with Gasteiger partial charge in [0.1, 0.15) is 6.61 Å². The van der Waals surface area contributed by atoms with Crippen LogP contribution in [0.3, 0.4) is 0 Å². The van der Waals surface area contributed by atoms with Crippen LogP contribution in [-0.2, 0) is 13.2 Å². The molecule has 33 heavy (non-hydrogen) atoms. The van der Waals surface area contributed by atoms with Crippen molar-refractivity contribution in [3.63, 3.8) is 0 Å². The van der Waals surface area contributed by atoms with Crippen molar-refractivity contribution in [3.05, 3.63) is 94.5 Å². The second-order valence-electron chi connectivity index (χ2n) is 8.21. The van der Waals surface area contributed by atoms with E-state index in [1.165, 1.54) is 0 Å². The van der Waals surface area contributed by atoms with Crippen molar-refractivity contribution in [2.75, 3.05) is 20.2 Å². The summed E-state index contributed by atoms with van der Waals surface area (Å²) in [6.07, 6.45) is 1.88. The molecule has 0 atom stereocenters. The molecule has 3 aromatic carbocycles. The number of piperidine rings is 1. The van der Waals surface area contributed by atoms with Crippen LogP contribution in [0, 0.1) is 0 Å². The first-order chi connectivity index (χ1) is 16.1. The maximum atomic E-state index is 12.6. The van der Waals surface area contributed by atoms with Crippen molar-refractivity contribution >= 4 is 17.5 Å². The van der Waals surface area contributed by atoms with E-state index in [-0.39, 0.29) is 5.91 Å². The van der Waals surface area contributed by atoms with Gasteiger partial charge in [0.15, 0.2) is 11.5 Å². The lowest BCUT2D eigenvalue weighted by atomic mass is 10.0. The molecule has 3 aromatic rings. The predicted molar refractivity (Wildman–Crippen MR) is 131 cm³/mol. The molecular formula is C27H29ClN2O3. The molecule has 1 saturated heterocycles. The van der Waals surface area contributed by atoms with Gasteiger partial charge in [-0.25, -0.2) is 0 Å². The molecule has 0 saturated carbocycles. The zero-order chi connectivity index (χ0) is 23.0. The van der Waals surface area contributed by atoms with Crippen molar-refractivity contribution in [2.24, 2.45) is 0 Å². The summed E-state index contributed by atoms with van der Waals surface area (Å²) in [5.41, 5.74) is 2.94. The van der Waals surface area contributed by atoms with Crippen LogP contribution >= 0.6 is 11.6 Å². The van der Waals surface area contributed by atoms with Crippen LogP contribution in [0.4, 0.5) is 0 Å². The van der Waals surface area contributed by atoms with Crippen LogP contribution in [0.25, 0.3) is 0 Å². The number of likely N-dealkylation sites (tertiary alicyclic amines) is 1. The van der Waals surface area contributed by atoms with E-state index in [9.17, 15) is 4.79 Å². The van der Waals surface area contributed by atoms with Crippen LogP contribution in [0.2, 0.25) is 5.02 Å². The molecule has 1 fully saturated rings. The number of carbonyl (C=O) groups is 1. The quantitative estimate of drug-likeness (QED) is 0.490. The van der Waals surface area contributed by atoms with Gasteiger partial charge in [0.2, 0.25) is 0 Å². The SMILES string of the molecule is COc1cc(CNC2CCN(C(=O)c3ccccc3)CC2)ccc1OCc1ccc(Cl)cc1. The average molecular weight is 465 g/mol. The molecule has 1 heterocycles. The van der Waals surface area contributed by atoms with E-state index in [0.717, 1.165) is 49.2 Å². The standard InChI is InChI=1S/C27H29ClN2O3/c1-32-26-17-21(9-12-25(26)33-19-20-7-10-23(28)11-8-20)18-29-24-13-15-30(16-14-24)27(31)22-5-3-2-4-6-22/h2-12,17,24,29H,13-16,18-19H2,1H3. The summed E-state index contributed by atoms with van der Waals surface area (Å²) in [6.45, 7) is 2.73. The molecule has 1 aliphatic rings. The molecule has 1 amide bonds. The van der Waals surface area contributed by atoms with Gasteiger partial charge in [-0.1, -0.05) is 48.0 Å². The highest BCUT2D eigenvalue weighted by molar-refractivity contribution is 6.30. The number of amides is 1. The van der Waals surface area contributed by atoms with Gasteiger partial charge < -0.3 is 19.7 Å². The topological polar surface area (TPSA) is 50.8 Å². The third kappa shape index (κ3) is 6.28. The largest absolute Gasteiger partial charge is 0.493 e. The zero-order valence-electron chi connectivity index (χ0n) is 18.8. The number of methoxy groups -OCH3 is 1. The van der Waals surface area contributed by atoms with Gasteiger partial charge >= 0.3 is 0 Å². The van der Waals surface area contributed by atoms with Crippen LogP contribution < -0.4 is 14.8 Å². The molecule has 4 rings (SSSR count). The summed E-state index contributed by atoms with van der Waals surface area (Å²) in [6, 6.07) is 23.5. The fourth-order valence-corrected chi connectivity index (χ4v) is 4.12. The highest BCUT2D eigenvalue weighted by atomic mass is 35.5. The second-order valence-corrected chi connectivity index (χ2v) is 8.65. The molecule has 0 aromatic heterocycles. The maximum absolute atomic E-state index is 12.6. The minimum absolute atomic E-state index is 0.118. The van der Waals surface area contributed by atoms with Crippen LogP contribution in [0.15, 0.2) is 72.8 Å². The van der Waals surface area contributed by atoms with Crippen molar-refractivity contribution in [1.29, 1.82) is 0 Å². The maximum Gasteiger partial charge on any atom is 0.253 e. The van der Waals surface area contributed by atoms with Crippen LogP contribution in [-0.4, -0.2) is 37.0 Å². The Bertz CT molecular complexity index is 1050. The molecule has 6 heteroatoms. The number of carbonyl (C=O) groups excluding carboxylic acids is 1. The molecule has 0 radical (unpaired) electrons. The number of nitrogens with zero attached hydrogens (tertiary/aromatic N) is 1. The van der Waals surface area contributed by atoms with E-state index in [2.05, 4.69) is 11.4 Å². The highest BCUT2D eigenvalue weighted by Gasteiger charge is 2.23. The Hall–Kier alpha value is -3.02. The third-order valence-corrected chi connectivity index (χ3v) is 6.19. The number of nitrogens with one attached hydrogen (secondary N) is 1. The Kier molecular flexibility index (Phi) is 7.87. The Morgan fingerprint density at radius 2 is 1.67 bits per heavy atom. The molecule has 5 nitrogen and oxygen atoms in total. The first-order valence-corrected chi connectivity index (χ1v) is 11.6. The summed E-state index contributed by atoms with van der Waals surface area (Å²) < 4.78 is 11.5. The number of hydrogen-bond donors (Lipinski definition) is 1. The van der Waals surface area contributed by atoms with E-state index in [1.807, 2.05) is 71.6 Å². The Morgan fingerprint density at radius 1 is 0.970 bits per heavy atom. The molecule has 172 valence electrons. The van der Waals surface area contributed by atoms with Crippen LogP contribution in [0.5, 0.6) is 11.5 Å². The Balaban J connectivity index is 1.26. The van der Waals surface area contributed by atoms with Gasteiger partial charge in [-0.15, -0.1) is 0 Å². The van der Waals surface area contributed by atoms with E-state index >= 15 is 0 Å². The van der Waals surface area contributed by atoms with Gasteiger partial charge in [0.25, 0.3) is 5.91 Å². The summed E-state index contributed by atoms with van der Waals surface area (Å²) in [4.78, 5) is 14.6. The first-order valence-electron chi connectivity index (χ1n) is 11.2. The van der Waals surface area contributed by atoms with Crippen molar-refractivity contribution in [1.82, 2.24) is 10.2 Å². The second kappa shape index (κ2) is 11.2. The van der Waals surface area contributed by atoms with Gasteiger partial charge in [-0.3, -0.25) is 4.79 Å². The molecule has 0 aliphatic carbocycles. The van der Waals surface area contributed by atoms with Crippen LogP contribution in [0.1, 0.15) is 34.3 Å². The number of halogens is 1. The summed E-state index contributed by atoms with van der Waals surface area (Å²) in [5.74, 6) is 1.54. The monoisotopic (exact) mass is 464 g/mol. The summed E-state index contributed by atoms with van der Waals surface area (Å²) in [7, 11) is 1.65. The predicted octanol–water partition coefficient (Wildman–Crippen LogP) is 5.32. The highest BCUT2D eigenvalue weighted by Crippen LogP contribution is 2.29. The minimum Gasteiger partial charge on any atom is -0.493 e. The first kappa shape index (κ1) is 23.1. The summed E-state index contributed by atoms with van der Waals surface area (Å²) in [5, 5.41) is 4.33. The van der Waals surface area contributed by atoms with Gasteiger partial charge in [-0.05, 0) is 60.4 Å². The third-order valence-electron chi connectivity index (χ3n) is 5.93. The molecule has 0 unspecified atom stereocenters. The lowest BCUT2D eigenvalue weighted by Crippen LogP contribution is -2.44. The normalized spacial score (nSPS) is 14.2. The van der Waals surface area contributed by atoms with Gasteiger partial charge in [-0.2, -0.15) is 0 Å². The Morgan fingerprint density at radius 3 is 2.36 bits per heavy atom. The minimum atomic E-state index is 0.118. The summed E-state index contributed by atoms with van der Waals surface area (Å²) >= 11 is 5.94. The van der Waals surface area contributed by atoms with Gasteiger partial charge in [0, 0.05) is 36.3 Å². The van der Waals surface area contributed by atoms with Crippen molar-refractivity contribution in [3.8, 4) is 11.5 Å². The number of rotatable bonds is 8. The van der Waals surface area contributed by atoms with Crippen molar-refractivity contribution < 1.29 is 14.3 Å². The number of ether oxygens (including phenoxy) is 2. The molecule has 1 aliphatic heterocycles. The van der Waals surface area contributed by atoms with Gasteiger partial charge in [0.05, 0.1) is 7.11 Å². The van der Waals surface area contributed by atoms with E-state index < -0.39 is 0 Å². The lowest BCUT2D eigenvalue weighted by Gasteiger charge is -2.32. The average Bonchev–Trinajstić information content (AvgIpc) is 2.87. The van der Waals surface area contributed by atoms with Crippen molar-refractivity contribution in [2.45, 2.75) is 32.0 Å². The fraction of sp³-hybridized carbons (Fsp3) is 0.296. The zero-order valence-corrected chi connectivity index (χ0v) is 19.6. The van der Waals surface area contributed by atoms with E-state index in [0.29, 0.717) is 29.2 Å². The van der Waals surface area contributed by atoms with E-state index in [4.69, 9.17) is 21.1 Å². The molecular weight excluding hydrogens is 436 g/mol. The molecule has 1 N–H and O–H groups in total.